The van der Waals surface area contributed by atoms with E-state index in [9.17, 15) is 4.79 Å². The molecule has 0 fully saturated rings. The van der Waals surface area contributed by atoms with Gasteiger partial charge in [-0.1, -0.05) is 18.2 Å². The Bertz CT molecular complexity index is 1210. The zero-order chi connectivity index (χ0) is 22.3. The van der Waals surface area contributed by atoms with Gasteiger partial charge >= 0.3 is 0 Å². The minimum Gasteiger partial charge on any atom is -0.490 e. The first-order valence-corrected chi connectivity index (χ1v) is 11.2. The van der Waals surface area contributed by atoms with Gasteiger partial charge in [0.15, 0.2) is 11.5 Å². The SMILES string of the molecule is CCOc1cc(C(=O)Nc2ccc3nc(C)sc3c2)ccc1OCCOc1ccccc1. The van der Waals surface area contributed by atoms with Gasteiger partial charge in [-0.15, -0.1) is 11.3 Å². The summed E-state index contributed by atoms with van der Waals surface area (Å²) in [5.74, 6) is 1.67. The molecule has 0 aliphatic rings. The van der Waals surface area contributed by atoms with Gasteiger partial charge < -0.3 is 19.5 Å². The summed E-state index contributed by atoms with van der Waals surface area (Å²) in [4.78, 5) is 17.2. The Kier molecular flexibility index (Phi) is 6.87. The van der Waals surface area contributed by atoms with Crippen LogP contribution < -0.4 is 19.5 Å². The van der Waals surface area contributed by atoms with Crippen molar-refractivity contribution in [3.63, 3.8) is 0 Å². The molecule has 1 amide bonds. The van der Waals surface area contributed by atoms with E-state index in [4.69, 9.17) is 14.2 Å². The summed E-state index contributed by atoms with van der Waals surface area (Å²) in [6, 6.07) is 20.4. The minimum atomic E-state index is -0.217. The molecule has 4 aromatic rings. The molecule has 0 aliphatic carbocycles. The van der Waals surface area contributed by atoms with Gasteiger partial charge in [-0.3, -0.25) is 4.79 Å². The number of anilines is 1. The molecule has 1 aromatic heterocycles. The average Bonchev–Trinajstić information content (AvgIpc) is 3.17. The van der Waals surface area contributed by atoms with E-state index < -0.39 is 0 Å². The molecule has 4 rings (SSSR count). The third-order valence-corrected chi connectivity index (χ3v) is 5.55. The topological polar surface area (TPSA) is 69.7 Å². The lowest BCUT2D eigenvalue weighted by Gasteiger charge is -2.14. The number of fused-ring (bicyclic) bond motifs is 1. The molecule has 0 radical (unpaired) electrons. The van der Waals surface area contributed by atoms with E-state index in [-0.39, 0.29) is 5.91 Å². The van der Waals surface area contributed by atoms with Crippen molar-refractivity contribution in [2.75, 3.05) is 25.1 Å². The van der Waals surface area contributed by atoms with Crippen LogP contribution in [0.15, 0.2) is 66.7 Å². The molecular formula is C25H24N2O4S. The summed E-state index contributed by atoms with van der Waals surface area (Å²) >= 11 is 1.60. The van der Waals surface area contributed by atoms with Gasteiger partial charge in [0.05, 0.1) is 21.8 Å². The lowest BCUT2D eigenvalue weighted by molar-refractivity contribution is 0.102. The molecule has 3 aromatic carbocycles. The summed E-state index contributed by atoms with van der Waals surface area (Å²) in [6.07, 6.45) is 0. The van der Waals surface area contributed by atoms with Crippen LogP contribution in [0.3, 0.4) is 0 Å². The smallest absolute Gasteiger partial charge is 0.255 e. The van der Waals surface area contributed by atoms with Crippen molar-refractivity contribution in [2.45, 2.75) is 13.8 Å². The Labute approximate surface area is 190 Å². The third-order valence-electron chi connectivity index (χ3n) is 4.61. The molecular weight excluding hydrogens is 424 g/mol. The zero-order valence-electron chi connectivity index (χ0n) is 18.0. The van der Waals surface area contributed by atoms with E-state index in [2.05, 4.69) is 10.3 Å². The normalized spacial score (nSPS) is 10.7. The van der Waals surface area contributed by atoms with Crippen LogP contribution in [-0.4, -0.2) is 30.7 Å². The van der Waals surface area contributed by atoms with Gasteiger partial charge in [-0.25, -0.2) is 4.98 Å². The Morgan fingerprint density at radius 1 is 0.938 bits per heavy atom. The van der Waals surface area contributed by atoms with Crippen LogP contribution in [-0.2, 0) is 0 Å². The molecule has 7 heteroatoms. The number of para-hydroxylation sites is 1. The number of ether oxygens (including phenoxy) is 3. The van der Waals surface area contributed by atoms with E-state index >= 15 is 0 Å². The van der Waals surface area contributed by atoms with Crippen molar-refractivity contribution in [3.8, 4) is 17.2 Å². The van der Waals surface area contributed by atoms with Gasteiger partial charge in [0.2, 0.25) is 0 Å². The van der Waals surface area contributed by atoms with Crippen molar-refractivity contribution < 1.29 is 19.0 Å². The van der Waals surface area contributed by atoms with Gasteiger partial charge in [-0.2, -0.15) is 0 Å². The molecule has 1 heterocycles. The zero-order valence-corrected chi connectivity index (χ0v) is 18.8. The Balaban J connectivity index is 1.40. The minimum absolute atomic E-state index is 0.217. The Hall–Kier alpha value is -3.58. The quantitative estimate of drug-likeness (QED) is 0.332. The molecule has 32 heavy (non-hydrogen) atoms. The number of aromatic nitrogens is 1. The highest BCUT2D eigenvalue weighted by Gasteiger charge is 2.13. The highest BCUT2D eigenvalue weighted by atomic mass is 32.1. The number of carbonyl (C=O) groups is 1. The van der Waals surface area contributed by atoms with Crippen molar-refractivity contribution in [2.24, 2.45) is 0 Å². The lowest BCUT2D eigenvalue weighted by Crippen LogP contribution is -2.13. The van der Waals surface area contributed by atoms with Gasteiger partial charge in [0.1, 0.15) is 19.0 Å². The molecule has 0 aliphatic heterocycles. The molecule has 0 saturated heterocycles. The third kappa shape index (κ3) is 5.36. The second-order valence-electron chi connectivity index (χ2n) is 6.97. The lowest BCUT2D eigenvalue weighted by atomic mass is 10.1. The first kappa shape index (κ1) is 21.6. The van der Waals surface area contributed by atoms with Crippen molar-refractivity contribution in [1.82, 2.24) is 4.98 Å². The van der Waals surface area contributed by atoms with E-state index in [0.717, 1.165) is 26.7 Å². The highest BCUT2D eigenvalue weighted by Crippen LogP contribution is 2.30. The molecule has 0 saturated carbocycles. The fourth-order valence-corrected chi connectivity index (χ4v) is 4.05. The number of carbonyl (C=O) groups excluding carboxylic acids is 1. The second kappa shape index (κ2) is 10.2. The van der Waals surface area contributed by atoms with Crippen LogP contribution >= 0.6 is 11.3 Å². The van der Waals surface area contributed by atoms with Crippen LogP contribution in [0, 0.1) is 6.92 Å². The van der Waals surface area contributed by atoms with Crippen LogP contribution in [0.5, 0.6) is 17.2 Å². The number of hydrogen-bond acceptors (Lipinski definition) is 6. The number of amides is 1. The number of aryl methyl sites for hydroxylation is 1. The number of thiazole rings is 1. The predicted octanol–water partition coefficient (Wildman–Crippen LogP) is 5.71. The Morgan fingerprint density at radius 2 is 1.75 bits per heavy atom. The fraction of sp³-hybridized carbons (Fsp3) is 0.200. The Morgan fingerprint density at radius 3 is 2.56 bits per heavy atom. The average molecular weight is 449 g/mol. The van der Waals surface area contributed by atoms with Crippen molar-refractivity contribution in [1.29, 1.82) is 0 Å². The van der Waals surface area contributed by atoms with Crippen LogP contribution in [0.4, 0.5) is 5.69 Å². The van der Waals surface area contributed by atoms with Crippen LogP contribution in [0.2, 0.25) is 0 Å². The monoisotopic (exact) mass is 448 g/mol. The summed E-state index contributed by atoms with van der Waals surface area (Å²) in [5, 5.41) is 3.94. The molecule has 164 valence electrons. The second-order valence-corrected chi connectivity index (χ2v) is 8.21. The molecule has 0 unspecified atom stereocenters. The summed E-state index contributed by atoms with van der Waals surface area (Å²) in [7, 11) is 0. The fourth-order valence-electron chi connectivity index (χ4n) is 3.19. The molecule has 1 N–H and O–H groups in total. The number of nitrogens with one attached hydrogen (secondary N) is 1. The highest BCUT2D eigenvalue weighted by molar-refractivity contribution is 7.18. The van der Waals surface area contributed by atoms with E-state index in [1.807, 2.05) is 62.4 Å². The number of nitrogens with zero attached hydrogens (tertiary/aromatic N) is 1. The summed E-state index contributed by atoms with van der Waals surface area (Å²) in [6.45, 7) is 5.08. The number of benzene rings is 3. The van der Waals surface area contributed by atoms with Gasteiger partial charge in [0, 0.05) is 11.3 Å². The largest absolute Gasteiger partial charge is 0.490 e. The van der Waals surface area contributed by atoms with E-state index in [1.54, 1.807) is 29.5 Å². The maximum Gasteiger partial charge on any atom is 0.255 e. The maximum absolute atomic E-state index is 12.8. The van der Waals surface area contributed by atoms with Gasteiger partial charge in [0.25, 0.3) is 5.91 Å². The summed E-state index contributed by atoms with van der Waals surface area (Å²) in [5.41, 5.74) is 2.14. The molecule has 0 spiro atoms. The molecule has 6 nitrogen and oxygen atoms in total. The number of rotatable bonds is 9. The van der Waals surface area contributed by atoms with E-state index in [1.165, 1.54) is 0 Å². The number of hydrogen-bond donors (Lipinski definition) is 1. The summed E-state index contributed by atoms with van der Waals surface area (Å²) < 4.78 is 18.2. The van der Waals surface area contributed by atoms with Crippen LogP contribution in [0.25, 0.3) is 10.2 Å². The van der Waals surface area contributed by atoms with Crippen molar-refractivity contribution >= 4 is 33.1 Å². The van der Waals surface area contributed by atoms with Crippen LogP contribution in [0.1, 0.15) is 22.3 Å². The standard InChI is InChI=1S/C25H24N2O4S/c1-3-29-23-15-18(9-12-22(23)31-14-13-30-20-7-5-4-6-8-20)25(28)27-19-10-11-21-24(16-19)32-17(2)26-21/h4-12,15-16H,3,13-14H2,1-2H3,(H,27,28). The van der Waals surface area contributed by atoms with E-state index in [0.29, 0.717) is 36.9 Å². The predicted molar refractivity (Wildman–Crippen MR) is 127 cm³/mol. The first-order chi connectivity index (χ1) is 15.6. The molecule has 0 atom stereocenters. The maximum atomic E-state index is 12.8. The van der Waals surface area contributed by atoms with Gasteiger partial charge in [-0.05, 0) is 62.4 Å². The molecule has 0 bridgehead atoms. The first-order valence-electron chi connectivity index (χ1n) is 10.4. The van der Waals surface area contributed by atoms with Crippen molar-refractivity contribution in [3.05, 3.63) is 77.3 Å².